The van der Waals surface area contributed by atoms with E-state index in [2.05, 4.69) is 10.3 Å². The fraction of sp³-hybridized carbons (Fsp3) is 0.571. The molecule has 1 N–H and O–H groups in total. The molecule has 0 aliphatic carbocycles. The lowest BCUT2D eigenvalue weighted by atomic mass is 10.3. The highest BCUT2D eigenvalue weighted by molar-refractivity contribution is 5.81. The first-order valence-electron chi connectivity index (χ1n) is 6.88. The van der Waals surface area contributed by atoms with Crippen LogP contribution in [-0.4, -0.2) is 49.0 Å². The van der Waals surface area contributed by atoms with Crippen molar-refractivity contribution < 1.29 is 4.79 Å². The Morgan fingerprint density at radius 1 is 1.42 bits per heavy atom. The highest BCUT2D eigenvalue weighted by atomic mass is 16.2. The highest BCUT2D eigenvalue weighted by Crippen LogP contribution is 2.17. The van der Waals surface area contributed by atoms with E-state index >= 15 is 0 Å². The maximum absolute atomic E-state index is 12.1. The zero-order valence-corrected chi connectivity index (χ0v) is 11.7. The summed E-state index contributed by atoms with van der Waals surface area (Å²) in [5, 5.41) is 3.23. The minimum atomic E-state index is 0.203. The van der Waals surface area contributed by atoms with Crippen LogP contribution in [0.5, 0.6) is 0 Å². The van der Waals surface area contributed by atoms with Gasteiger partial charge in [0.25, 0.3) is 0 Å². The first-order valence-corrected chi connectivity index (χ1v) is 6.88. The molecule has 2 heterocycles. The largest absolute Gasteiger partial charge is 0.384 e. The number of likely N-dealkylation sites (tertiary alicyclic amines) is 1. The second-order valence-electron chi connectivity index (χ2n) is 4.91. The van der Waals surface area contributed by atoms with Crippen LogP contribution in [0.1, 0.15) is 19.8 Å². The van der Waals surface area contributed by atoms with Crippen LogP contribution in [0.2, 0.25) is 0 Å². The van der Waals surface area contributed by atoms with E-state index in [1.54, 1.807) is 12.4 Å². The van der Waals surface area contributed by atoms with Gasteiger partial charge in [-0.25, -0.2) is 0 Å². The fourth-order valence-corrected chi connectivity index (χ4v) is 2.30. The minimum Gasteiger partial charge on any atom is -0.384 e. The van der Waals surface area contributed by atoms with Crippen LogP contribution < -0.4 is 10.2 Å². The number of carbonyl (C=O) groups is 1. The third-order valence-corrected chi connectivity index (χ3v) is 3.38. The maximum Gasteiger partial charge on any atom is 0.242 e. The first-order chi connectivity index (χ1) is 9.20. The molecule has 2 rings (SSSR count). The molecule has 0 atom stereocenters. The molecule has 5 heteroatoms. The van der Waals surface area contributed by atoms with E-state index < -0.39 is 0 Å². The van der Waals surface area contributed by atoms with Crippen molar-refractivity contribution in [3.8, 4) is 0 Å². The van der Waals surface area contributed by atoms with Gasteiger partial charge in [-0.1, -0.05) is 0 Å². The summed E-state index contributed by atoms with van der Waals surface area (Å²) >= 11 is 0. The Labute approximate surface area is 114 Å². The van der Waals surface area contributed by atoms with E-state index in [1.807, 2.05) is 29.8 Å². The van der Waals surface area contributed by atoms with Crippen LogP contribution in [-0.2, 0) is 4.79 Å². The Morgan fingerprint density at radius 3 is 2.84 bits per heavy atom. The number of amides is 1. The summed E-state index contributed by atoms with van der Waals surface area (Å²) in [5.41, 5.74) is 1.95. The molecule has 1 aliphatic heterocycles. The number of nitrogens with one attached hydrogen (secondary N) is 1. The Bertz CT molecular complexity index is 429. The molecule has 1 aliphatic rings. The van der Waals surface area contributed by atoms with E-state index in [-0.39, 0.29) is 5.91 Å². The molecule has 1 fully saturated rings. The average Bonchev–Trinajstić information content (AvgIpc) is 2.93. The summed E-state index contributed by atoms with van der Waals surface area (Å²) in [5.74, 6) is 0.203. The average molecular weight is 262 g/mol. The van der Waals surface area contributed by atoms with Gasteiger partial charge in [-0.15, -0.1) is 0 Å². The summed E-state index contributed by atoms with van der Waals surface area (Å²) in [6.45, 7) is 5.14. The maximum atomic E-state index is 12.1. The molecular weight excluding hydrogens is 240 g/mol. The second kappa shape index (κ2) is 6.41. The third kappa shape index (κ3) is 3.59. The monoisotopic (exact) mass is 262 g/mol. The zero-order chi connectivity index (χ0) is 13.7. The Morgan fingerprint density at radius 2 is 2.16 bits per heavy atom. The van der Waals surface area contributed by atoms with Gasteiger partial charge in [0, 0.05) is 26.7 Å². The van der Waals surface area contributed by atoms with E-state index in [0.717, 1.165) is 43.9 Å². The Kier molecular flexibility index (Phi) is 4.60. The van der Waals surface area contributed by atoms with Crippen molar-refractivity contribution in [2.75, 3.05) is 43.4 Å². The van der Waals surface area contributed by atoms with Gasteiger partial charge in [0.15, 0.2) is 0 Å². The molecule has 1 aromatic rings. The van der Waals surface area contributed by atoms with Crippen molar-refractivity contribution >= 4 is 17.3 Å². The lowest BCUT2D eigenvalue weighted by Gasteiger charge is -2.23. The normalized spacial score (nSPS) is 14.5. The zero-order valence-electron chi connectivity index (χ0n) is 11.7. The summed E-state index contributed by atoms with van der Waals surface area (Å²) in [6, 6.07) is 2.02. The van der Waals surface area contributed by atoms with Crippen LogP contribution >= 0.6 is 0 Å². The second-order valence-corrected chi connectivity index (χ2v) is 4.91. The quantitative estimate of drug-likeness (QED) is 0.875. The number of hydrogen-bond donors (Lipinski definition) is 1. The molecule has 1 aromatic heterocycles. The predicted octanol–water partition coefficient (Wildman–Crippen LogP) is 1.57. The van der Waals surface area contributed by atoms with Crippen LogP contribution in [0.25, 0.3) is 0 Å². The lowest BCUT2D eigenvalue weighted by molar-refractivity contribution is -0.128. The summed E-state index contributed by atoms with van der Waals surface area (Å²) in [7, 11) is 1.93. The number of carbonyl (C=O) groups excluding carboxylic acids is 1. The summed E-state index contributed by atoms with van der Waals surface area (Å²) < 4.78 is 0. The van der Waals surface area contributed by atoms with Gasteiger partial charge in [0.1, 0.15) is 0 Å². The minimum absolute atomic E-state index is 0.203. The predicted molar refractivity (Wildman–Crippen MR) is 77.5 cm³/mol. The number of anilines is 2. The van der Waals surface area contributed by atoms with Gasteiger partial charge in [0.05, 0.1) is 30.3 Å². The van der Waals surface area contributed by atoms with Gasteiger partial charge in [-0.05, 0) is 25.8 Å². The van der Waals surface area contributed by atoms with Crippen LogP contribution in [0, 0.1) is 0 Å². The van der Waals surface area contributed by atoms with Gasteiger partial charge < -0.3 is 15.1 Å². The van der Waals surface area contributed by atoms with E-state index in [4.69, 9.17) is 0 Å². The van der Waals surface area contributed by atoms with Crippen LogP contribution in [0.15, 0.2) is 18.5 Å². The molecular formula is C14H22N4O. The van der Waals surface area contributed by atoms with Gasteiger partial charge in [-0.3, -0.25) is 9.78 Å². The molecule has 0 saturated carbocycles. The number of pyridine rings is 1. The number of hydrogen-bond acceptors (Lipinski definition) is 4. The third-order valence-electron chi connectivity index (χ3n) is 3.38. The molecule has 1 amide bonds. The lowest BCUT2D eigenvalue weighted by Crippen LogP contribution is -2.37. The molecule has 19 heavy (non-hydrogen) atoms. The molecule has 5 nitrogen and oxygen atoms in total. The van der Waals surface area contributed by atoms with Gasteiger partial charge in [-0.2, -0.15) is 0 Å². The van der Waals surface area contributed by atoms with E-state index in [9.17, 15) is 4.79 Å². The number of likely N-dealkylation sites (N-methyl/N-ethyl adjacent to an activating group) is 1. The van der Waals surface area contributed by atoms with Crippen molar-refractivity contribution in [2.24, 2.45) is 0 Å². The SMILES string of the molecule is CCNc1cncc(N(C)CC(=O)N2CCCC2)c1. The number of nitrogens with zero attached hydrogens (tertiary/aromatic N) is 3. The number of aromatic nitrogens is 1. The van der Waals surface area contributed by atoms with Gasteiger partial charge in [0.2, 0.25) is 5.91 Å². The number of rotatable bonds is 5. The molecule has 0 spiro atoms. The van der Waals surface area contributed by atoms with Crippen molar-refractivity contribution in [1.82, 2.24) is 9.88 Å². The molecule has 0 bridgehead atoms. The molecule has 0 radical (unpaired) electrons. The standard InChI is InChI=1S/C14H22N4O/c1-3-16-12-8-13(10-15-9-12)17(2)11-14(19)18-6-4-5-7-18/h8-10,16H,3-7,11H2,1-2H3. The van der Waals surface area contributed by atoms with Crippen molar-refractivity contribution in [2.45, 2.75) is 19.8 Å². The van der Waals surface area contributed by atoms with Crippen molar-refractivity contribution in [3.05, 3.63) is 18.5 Å². The fourth-order valence-electron chi connectivity index (χ4n) is 2.30. The van der Waals surface area contributed by atoms with Crippen molar-refractivity contribution in [1.29, 1.82) is 0 Å². The van der Waals surface area contributed by atoms with Gasteiger partial charge >= 0.3 is 0 Å². The Balaban J connectivity index is 1.96. The molecule has 1 saturated heterocycles. The first kappa shape index (κ1) is 13.6. The van der Waals surface area contributed by atoms with E-state index in [1.165, 1.54) is 0 Å². The summed E-state index contributed by atoms with van der Waals surface area (Å²) in [4.78, 5) is 20.2. The molecule has 0 aromatic carbocycles. The molecule has 0 unspecified atom stereocenters. The van der Waals surface area contributed by atoms with Crippen LogP contribution in [0.4, 0.5) is 11.4 Å². The molecule has 104 valence electrons. The summed E-state index contributed by atoms with van der Waals surface area (Å²) in [6.07, 6.45) is 5.85. The smallest absolute Gasteiger partial charge is 0.242 e. The highest BCUT2D eigenvalue weighted by Gasteiger charge is 2.19. The van der Waals surface area contributed by atoms with Crippen molar-refractivity contribution in [3.63, 3.8) is 0 Å². The topological polar surface area (TPSA) is 48.5 Å². The van der Waals surface area contributed by atoms with E-state index in [0.29, 0.717) is 6.54 Å². The Hall–Kier alpha value is -1.78. The van der Waals surface area contributed by atoms with Crippen LogP contribution in [0.3, 0.4) is 0 Å².